The van der Waals surface area contributed by atoms with Gasteiger partial charge in [-0.3, -0.25) is 4.79 Å². The number of benzene rings is 2. The number of carbonyl (C=O) groups is 1. The van der Waals surface area contributed by atoms with Crippen LogP contribution in [-0.2, 0) is 11.8 Å². The third kappa shape index (κ3) is 6.96. The number of hydrogen-bond donors (Lipinski definition) is 1. The highest BCUT2D eigenvalue weighted by Gasteiger charge is 2.17. The van der Waals surface area contributed by atoms with E-state index in [1.165, 1.54) is 22.9 Å². The van der Waals surface area contributed by atoms with Crippen molar-refractivity contribution in [1.82, 2.24) is 15.5 Å². The quantitative estimate of drug-likeness (QED) is 0.396. The van der Waals surface area contributed by atoms with E-state index in [0.717, 1.165) is 11.3 Å². The molecular formula is C25H27Cl2N3OS. The van der Waals surface area contributed by atoms with Crippen LogP contribution < -0.4 is 5.32 Å². The van der Waals surface area contributed by atoms with Gasteiger partial charge >= 0.3 is 0 Å². The summed E-state index contributed by atoms with van der Waals surface area (Å²) in [6, 6.07) is 17.6. The second-order valence-corrected chi connectivity index (χ2v) is 10.8. The van der Waals surface area contributed by atoms with Crippen molar-refractivity contribution in [2.75, 3.05) is 6.54 Å². The van der Waals surface area contributed by atoms with Gasteiger partial charge in [0.05, 0.1) is 5.56 Å². The molecule has 3 rings (SSSR count). The van der Waals surface area contributed by atoms with E-state index in [1.807, 2.05) is 12.1 Å². The standard InChI is InChI=1S/C25H27Cl2N3OS/c1-16(13-17-5-7-18(8-6-17)25(2,3)4)15-28-23(31)21-14-22(27)29-30-24(21)32-20-11-9-19(26)10-12-20/h5-12,14,16H,13,15H2,1-4H3,(H,28,31). The molecule has 0 fully saturated rings. The minimum absolute atomic E-state index is 0.139. The first kappa shape index (κ1) is 24.6. The number of nitrogens with one attached hydrogen (secondary N) is 1. The van der Waals surface area contributed by atoms with Crippen molar-refractivity contribution >= 4 is 40.9 Å². The van der Waals surface area contributed by atoms with E-state index in [0.29, 0.717) is 22.2 Å². The van der Waals surface area contributed by atoms with Gasteiger partial charge in [-0.05, 0) is 59.2 Å². The van der Waals surface area contributed by atoms with E-state index in [9.17, 15) is 4.79 Å². The molecule has 168 valence electrons. The smallest absolute Gasteiger partial charge is 0.254 e. The van der Waals surface area contributed by atoms with Crippen LogP contribution in [0.15, 0.2) is 64.5 Å². The van der Waals surface area contributed by atoms with Crippen LogP contribution in [0.4, 0.5) is 0 Å². The van der Waals surface area contributed by atoms with Gasteiger partial charge in [-0.2, -0.15) is 0 Å². The molecule has 0 aliphatic rings. The van der Waals surface area contributed by atoms with Crippen LogP contribution in [0.2, 0.25) is 10.2 Å². The lowest BCUT2D eigenvalue weighted by molar-refractivity contribution is 0.0944. The molecule has 0 spiro atoms. The molecule has 1 aromatic heterocycles. The van der Waals surface area contributed by atoms with Gasteiger partial charge in [0.1, 0.15) is 5.03 Å². The zero-order valence-corrected chi connectivity index (χ0v) is 21.0. The summed E-state index contributed by atoms with van der Waals surface area (Å²) in [6.07, 6.45) is 0.881. The molecule has 1 atom stereocenters. The van der Waals surface area contributed by atoms with Gasteiger partial charge in [-0.15, -0.1) is 10.2 Å². The average molecular weight is 488 g/mol. The number of carbonyl (C=O) groups excluding carboxylic acids is 1. The number of amides is 1. The molecule has 2 aromatic carbocycles. The third-order valence-electron chi connectivity index (χ3n) is 5.02. The summed E-state index contributed by atoms with van der Waals surface area (Å²) in [5.41, 5.74) is 3.12. The Labute approximate surface area is 204 Å². The molecule has 1 N–H and O–H groups in total. The monoisotopic (exact) mass is 487 g/mol. The number of hydrogen-bond acceptors (Lipinski definition) is 4. The highest BCUT2D eigenvalue weighted by molar-refractivity contribution is 7.99. The second kappa shape index (κ2) is 10.7. The number of aromatic nitrogens is 2. The molecule has 1 heterocycles. The number of halogens is 2. The normalized spacial score (nSPS) is 12.4. The van der Waals surface area contributed by atoms with Crippen LogP contribution in [0.1, 0.15) is 49.2 Å². The summed E-state index contributed by atoms with van der Waals surface area (Å²) in [5.74, 6) is 0.0604. The first-order chi connectivity index (χ1) is 15.1. The van der Waals surface area contributed by atoms with Gasteiger partial charge < -0.3 is 5.32 Å². The van der Waals surface area contributed by atoms with Crippen LogP contribution in [-0.4, -0.2) is 22.6 Å². The summed E-state index contributed by atoms with van der Waals surface area (Å²) >= 11 is 13.3. The average Bonchev–Trinajstić information content (AvgIpc) is 2.74. The number of nitrogens with zero attached hydrogens (tertiary/aromatic N) is 2. The molecule has 0 bridgehead atoms. The summed E-state index contributed by atoms with van der Waals surface area (Å²) in [7, 11) is 0. The lowest BCUT2D eigenvalue weighted by Gasteiger charge is -2.20. The first-order valence-electron chi connectivity index (χ1n) is 10.5. The van der Waals surface area contributed by atoms with Crippen molar-refractivity contribution < 1.29 is 4.79 Å². The lowest BCUT2D eigenvalue weighted by Crippen LogP contribution is -2.29. The molecule has 3 aromatic rings. The Kier molecular flexibility index (Phi) is 8.21. The zero-order chi connectivity index (χ0) is 23.3. The fourth-order valence-electron chi connectivity index (χ4n) is 3.19. The van der Waals surface area contributed by atoms with Gasteiger partial charge in [0, 0.05) is 16.5 Å². The molecule has 0 aliphatic carbocycles. The predicted molar refractivity (Wildman–Crippen MR) is 133 cm³/mol. The summed E-state index contributed by atoms with van der Waals surface area (Å²) in [5, 5.41) is 12.4. The maximum atomic E-state index is 12.9. The number of rotatable bonds is 7. The van der Waals surface area contributed by atoms with Crippen LogP contribution in [0.25, 0.3) is 0 Å². The molecular weight excluding hydrogens is 461 g/mol. The van der Waals surface area contributed by atoms with Gasteiger partial charge in [0.25, 0.3) is 5.91 Å². The second-order valence-electron chi connectivity index (χ2n) is 8.91. The van der Waals surface area contributed by atoms with Gasteiger partial charge in [-0.1, -0.05) is 86.9 Å². The Hall–Kier alpha value is -2.08. The SMILES string of the molecule is CC(CNC(=O)c1cc(Cl)nnc1Sc1ccc(Cl)cc1)Cc1ccc(C(C)(C)C)cc1. The molecule has 0 aliphatic heterocycles. The van der Waals surface area contributed by atoms with Gasteiger partial charge in [0.2, 0.25) is 0 Å². The van der Waals surface area contributed by atoms with Crippen molar-refractivity contribution in [2.45, 2.75) is 49.5 Å². The van der Waals surface area contributed by atoms with E-state index in [1.54, 1.807) is 18.2 Å². The van der Waals surface area contributed by atoms with E-state index >= 15 is 0 Å². The van der Waals surface area contributed by atoms with Gasteiger partial charge in [0.15, 0.2) is 5.15 Å². The van der Waals surface area contributed by atoms with Crippen molar-refractivity contribution in [3.05, 3.63) is 81.5 Å². The zero-order valence-electron chi connectivity index (χ0n) is 18.7. The fourth-order valence-corrected chi connectivity index (χ4v) is 4.30. The van der Waals surface area contributed by atoms with Crippen LogP contribution in [0, 0.1) is 5.92 Å². The van der Waals surface area contributed by atoms with E-state index < -0.39 is 0 Å². The summed E-state index contributed by atoms with van der Waals surface area (Å²) in [6.45, 7) is 9.30. The first-order valence-corrected chi connectivity index (χ1v) is 12.0. The largest absolute Gasteiger partial charge is 0.352 e. The van der Waals surface area contributed by atoms with Crippen LogP contribution in [0.5, 0.6) is 0 Å². The van der Waals surface area contributed by atoms with Crippen molar-refractivity contribution in [3.63, 3.8) is 0 Å². The summed E-state index contributed by atoms with van der Waals surface area (Å²) < 4.78 is 0. The Morgan fingerprint density at radius 2 is 1.69 bits per heavy atom. The Morgan fingerprint density at radius 1 is 1.03 bits per heavy atom. The third-order valence-corrected chi connectivity index (χ3v) is 6.46. The van der Waals surface area contributed by atoms with Crippen LogP contribution >= 0.6 is 35.0 Å². The van der Waals surface area contributed by atoms with Crippen molar-refractivity contribution in [1.29, 1.82) is 0 Å². The minimum atomic E-state index is -0.215. The molecule has 32 heavy (non-hydrogen) atoms. The van der Waals surface area contributed by atoms with Crippen molar-refractivity contribution in [3.8, 4) is 0 Å². The molecule has 0 saturated carbocycles. The molecule has 0 saturated heterocycles. The van der Waals surface area contributed by atoms with Crippen LogP contribution in [0.3, 0.4) is 0 Å². The summed E-state index contributed by atoms with van der Waals surface area (Å²) in [4.78, 5) is 13.8. The highest BCUT2D eigenvalue weighted by Crippen LogP contribution is 2.30. The Morgan fingerprint density at radius 3 is 2.31 bits per heavy atom. The molecule has 0 radical (unpaired) electrons. The predicted octanol–water partition coefficient (Wildman–Crippen LogP) is 6.84. The van der Waals surface area contributed by atoms with Crippen molar-refractivity contribution in [2.24, 2.45) is 5.92 Å². The minimum Gasteiger partial charge on any atom is -0.352 e. The van der Waals surface area contributed by atoms with E-state index in [-0.39, 0.29) is 22.4 Å². The Bertz CT molecular complexity index is 1060. The fraction of sp³-hybridized carbons (Fsp3) is 0.320. The van der Waals surface area contributed by atoms with E-state index in [4.69, 9.17) is 23.2 Å². The molecule has 1 amide bonds. The topological polar surface area (TPSA) is 54.9 Å². The highest BCUT2D eigenvalue weighted by atomic mass is 35.5. The van der Waals surface area contributed by atoms with E-state index in [2.05, 4.69) is 67.5 Å². The molecule has 4 nitrogen and oxygen atoms in total. The van der Waals surface area contributed by atoms with Gasteiger partial charge in [-0.25, -0.2) is 0 Å². The maximum absolute atomic E-state index is 12.9. The Balaban J connectivity index is 1.62. The lowest BCUT2D eigenvalue weighted by atomic mass is 9.86. The maximum Gasteiger partial charge on any atom is 0.254 e. The molecule has 7 heteroatoms. The molecule has 1 unspecified atom stereocenters.